The van der Waals surface area contributed by atoms with Gasteiger partial charge in [0.15, 0.2) is 0 Å². The lowest BCUT2D eigenvalue weighted by Gasteiger charge is -2.35. The molecule has 0 aromatic carbocycles. The number of carbonyl (C=O) groups excluding carboxylic acids is 1. The van der Waals surface area contributed by atoms with Gasteiger partial charge in [-0.1, -0.05) is 19.3 Å². The lowest BCUT2D eigenvalue weighted by Crippen LogP contribution is -2.47. The molecule has 1 aliphatic heterocycles. The van der Waals surface area contributed by atoms with Crippen LogP contribution in [0.15, 0.2) is 0 Å². The number of carbonyl (C=O) groups is 1. The molecule has 1 N–H and O–H groups in total. The maximum Gasteiger partial charge on any atom is 0.236 e. The number of aliphatic hydroxyl groups is 1. The van der Waals surface area contributed by atoms with Crippen LogP contribution in [0.1, 0.15) is 65.2 Å². The lowest BCUT2D eigenvalue weighted by atomic mass is 9.94. The highest BCUT2D eigenvalue weighted by Crippen LogP contribution is 2.24. The Labute approximate surface area is 129 Å². The molecule has 0 aromatic rings. The molecule has 1 amide bonds. The van der Waals surface area contributed by atoms with Crippen molar-refractivity contribution in [1.82, 2.24) is 9.80 Å². The first kappa shape index (κ1) is 16.8. The summed E-state index contributed by atoms with van der Waals surface area (Å²) in [7, 11) is 0. The average molecular weight is 296 g/mol. The summed E-state index contributed by atoms with van der Waals surface area (Å²) in [4.78, 5) is 17.1. The Morgan fingerprint density at radius 1 is 1.24 bits per heavy atom. The molecule has 0 radical (unpaired) electrons. The van der Waals surface area contributed by atoms with E-state index >= 15 is 0 Å². The zero-order valence-corrected chi connectivity index (χ0v) is 13.8. The minimum Gasteiger partial charge on any atom is -0.393 e. The molecule has 2 rings (SSSR count). The molecule has 2 aliphatic rings. The Balaban J connectivity index is 1.88. The molecule has 21 heavy (non-hydrogen) atoms. The Kier molecular flexibility index (Phi) is 6.49. The second kappa shape index (κ2) is 8.14. The number of hydrogen-bond acceptors (Lipinski definition) is 3. The van der Waals surface area contributed by atoms with E-state index in [1.54, 1.807) is 0 Å². The predicted molar refractivity (Wildman–Crippen MR) is 85.2 cm³/mol. The third-order valence-electron chi connectivity index (χ3n) is 5.13. The highest BCUT2D eigenvalue weighted by atomic mass is 16.3. The fraction of sp³-hybridized carbons (Fsp3) is 0.941. The summed E-state index contributed by atoms with van der Waals surface area (Å²) >= 11 is 0. The maximum absolute atomic E-state index is 12.7. The van der Waals surface area contributed by atoms with Crippen LogP contribution in [0.3, 0.4) is 0 Å². The molecule has 0 spiro atoms. The van der Waals surface area contributed by atoms with Crippen LogP contribution < -0.4 is 0 Å². The highest BCUT2D eigenvalue weighted by molar-refractivity contribution is 5.78. The van der Waals surface area contributed by atoms with E-state index in [1.807, 2.05) is 6.92 Å². The highest BCUT2D eigenvalue weighted by Gasteiger charge is 2.30. The Hall–Kier alpha value is -0.610. The topological polar surface area (TPSA) is 43.8 Å². The van der Waals surface area contributed by atoms with Crippen molar-refractivity contribution in [2.75, 3.05) is 19.6 Å². The summed E-state index contributed by atoms with van der Waals surface area (Å²) in [6.45, 7) is 6.33. The van der Waals surface area contributed by atoms with Crippen LogP contribution in [-0.4, -0.2) is 58.6 Å². The third-order valence-corrected chi connectivity index (χ3v) is 5.13. The zero-order chi connectivity index (χ0) is 15.2. The van der Waals surface area contributed by atoms with Gasteiger partial charge >= 0.3 is 0 Å². The number of aliphatic hydroxyl groups excluding tert-OH is 1. The molecule has 2 atom stereocenters. The standard InChI is InChI=1S/C17H32N2O2/c1-3-19(15-8-5-4-6-9-15)17(21)13-18-11-7-10-16(18)12-14(2)20/h14-16,20H,3-13H2,1-2H3. The second-order valence-electron chi connectivity index (χ2n) is 6.82. The summed E-state index contributed by atoms with van der Waals surface area (Å²) < 4.78 is 0. The number of rotatable bonds is 6. The molecule has 122 valence electrons. The van der Waals surface area contributed by atoms with Gasteiger partial charge in [-0.05, 0) is 52.5 Å². The van der Waals surface area contributed by atoms with Crippen LogP contribution in [-0.2, 0) is 4.79 Å². The molecule has 0 aromatic heterocycles. The van der Waals surface area contributed by atoms with Crippen molar-refractivity contribution in [3.05, 3.63) is 0 Å². The van der Waals surface area contributed by atoms with E-state index in [9.17, 15) is 9.90 Å². The second-order valence-corrected chi connectivity index (χ2v) is 6.82. The van der Waals surface area contributed by atoms with Crippen molar-refractivity contribution in [1.29, 1.82) is 0 Å². The van der Waals surface area contributed by atoms with Gasteiger partial charge < -0.3 is 10.0 Å². The van der Waals surface area contributed by atoms with Crippen molar-refractivity contribution in [3.8, 4) is 0 Å². The molecule has 4 heteroatoms. The average Bonchev–Trinajstić information content (AvgIpc) is 2.87. The smallest absolute Gasteiger partial charge is 0.236 e. The quantitative estimate of drug-likeness (QED) is 0.818. The minimum absolute atomic E-state index is 0.272. The fourth-order valence-electron chi connectivity index (χ4n) is 4.06. The van der Waals surface area contributed by atoms with E-state index < -0.39 is 0 Å². The number of hydrogen-bond donors (Lipinski definition) is 1. The fourth-order valence-corrected chi connectivity index (χ4v) is 4.06. The SMILES string of the molecule is CCN(C(=O)CN1CCCC1CC(C)O)C1CCCCC1. The van der Waals surface area contributed by atoms with Gasteiger partial charge in [-0.15, -0.1) is 0 Å². The predicted octanol–water partition coefficient (Wildman–Crippen LogP) is 2.40. The number of likely N-dealkylation sites (tertiary alicyclic amines) is 1. The van der Waals surface area contributed by atoms with E-state index in [2.05, 4.69) is 16.7 Å². The van der Waals surface area contributed by atoms with Crippen molar-refractivity contribution in [2.24, 2.45) is 0 Å². The van der Waals surface area contributed by atoms with Crippen LogP contribution in [0.5, 0.6) is 0 Å². The molecule has 1 heterocycles. The molecule has 1 saturated carbocycles. The van der Waals surface area contributed by atoms with Gasteiger partial charge in [-0.25, -0.2) is 0 Å². The third kappa shape index (κ3) is 4.68. The summed E-state index contributed by atoms with van der Waals surface area (Å²) in [5.74, 6) is 0.293. The molecular formula is C17H32N2O2. The zero-order valence-electron chi connectivity index (χ0n) is 13.8. The normalized spacial score (nSPS) is 26.0. The van der Waals surface area contributed by atoms with Crippen LogP contribution in [0.4, 0.5) is 0 Å². The Bertz CT molecular complexity index is 327. The van der Waals surface area contributed by atoms with Gasteiger partial charge in [0.05, 0.1) is 12.6 Å². The number of nitrogens with zero attached hydrogens (tertiary/aromatic N) is 2. The molecular weight excluding hydrogens is 264 g/mol. The summed E-state index contributed by atoms with van der Waals surface area (Å²) in [5.41, 5.74) is 0. The van der Waals surface area contributed by atoms with Crippen molar-refractivity contribution >= 4 is 5.91 Å². The van der Waals surface area contributed by atoms with E-state index in [0.29, 0.717) is 24.5 Å². The van der Waals surface area contributed by atoms with E-state index in [1.165, 1.54) is 32.1 Å². The van der Waals surface area contributed by atoms with Gasteiger partial charge in [-0.3, -0.25) is 9.69 Å². The number of likely N-dealkylation sites (N-methyl/N-ethyl adjacent to an activating group) is 1. The van der Waals surface area contributed by atoms with Gasteiger partial charge in [0, 0.05) is 18.6 Å². The van der Waals surface area contributed by atoms with E-state index in [-0.39, 0.29) is 6.10 Å². The van der Waals surface area contributed by atoms with Gasteiger partial charge in [0.25, 0.3) is 0 Å². The summed E-state index contributed by atoms with van der Waals surface area (Å²) in [6.07, 6.45) is 9.01. The van der Waals surface area contributed by atoms with Crippen LogP contribution in [0.2, 0.25) is 0 Å². The molecule has 0 bridgehead atoms. The first-order valence-electron chi connectivity index (χ1n) is 8.83. The Morgan fingerprint density at radius 2 is 1.95 bits per heavy atom. The molecule has 2 fully saturated rings. The van der Waals surface area contributed by atoms with Gasteiger partial charge in [-0.2, -0.15) is 0 Å². The summed E-state index contributed by atoms with van der Waals surface area (Å²) in [6, 6.07) is 0.855. The van der Waals surface area contributed by atoms with Crippen LogP contribution in [0.25, 0.3) is 0 Å². The van der Waals surface area contributed by atoms with Crippen molar-refractivity contribution in [3.63, 3.8) is 0 Å². The largest absolute Gasteiger partial charge is 0.393 e. The first-order valence-corrected chi connectivity index (χ1v) is 8.83. The van der Waals surface area contributed by atoms with Crippen LogP contribution in [0, 0.1) is 0 Å². The maximum atomic E-state index is 12.7. The lowest BCUT2D eigenvalue weighted by molar-refractivity contribution is -0.135. The first-order chi connectivity index (χ1) is 10.1. The van der Waals surface area contributed by atoms with Crippen molar-refractivity contribution in [2.45, 2.75) is 83.4 Å². The van der Waals surface area contributed by atoms with Gasteiger partial charge in [0.1, 0.15) is 0 Å². The molecule has 1 saturated heterocycles. The minimum atomic E-state index is -0.272. The van der Waals surface area contributed by atoms with Crippen molar-refractivity contribution < 1.29 is 9.90 Å². The van der Waals surface area contributed by atoms with Crippen LogP contribution >= 0.6 is 0 Å². The van der Waals surface area contributed by atoms with E-state index in [4.69, 9.17) is 0 Å². The molecule has 4 nitrogen and oxygen atoms in total. The Morgan fingerprint density at radius 3 is 2.57 bits per heavy atom. The monoisotopic (exact) mass is 296 g/mol. The van der Waals surface area contributed by atoms with Gasteiger partial charge in [0.2, 0.25) is 5.91 Å². The molecule has 1 aliphatic carbocycles. The summed E-state index contributed by atoms with van der Waals surface area (Å²) in [5, 5.41) is 9.60. The van der Waals surface area contributed by atoms with E-state index in [0.717, 1.165) is 32.4 Å². The molecule has 2 unspecified atom stereocenters. The number of amides is 1.